The standard InChI is InChI=1S/C17H25N5O2S/c1-5-18-17-21-14(4)11-16(22-17)19-8-9-20-25(23,24)15-10-12(2)6-7-13(15)3/h6-7,10-11,20H,5,8-9H2,1-4H3,(H2,18,19,21,22). The molecule has 1 heterocycles. The second-order valence-corrected chi connectivity index (χ2v) is 7.58. The van der Waals surface area contributed by atoms with Gasteiger partial charge in [0.05, 0.1) is 4.90 Å². The summed E-state index contributed by atoms with van der Waals surface area (Å²) in [5.74, 6) is 1.22. The molecule has 0 aliphatic rings. The topological polar surface area (TPSA) is 96.0 Å². The molecular weight excluding hydrogens is 338 g/mol. The molecule has 25 heavy (non-hydrogen) atoms. The zero-order valence-corrected chi connectivity index (χ0v) is 15.9. The van der Waals surface area contributed by atoms with Gasteiger partial charge in [-0.2, -0.15) is 4.98 Å². The molecule has 0 aliphatic carbocycles. The van der Waals surface area contributed by atoms with Crippen LogP contribution >= 0.6 is 0 Å². The van der Waals surface area contributed by atoms with Crippen molar-refractivity contribution in [2.45, 2.75) is 32.6 Å². The quantitative estimate of drug-likeness (QED) is 0.623. The molecule has 7 nitrogen and oxygen atoms in total. The van der Waals surface area contributed by atoms with Gasteiger partial charge < -0.3 is 10.6 Å². The van der Waals surface area contributed by atoms with Crippen LogP contribution in [0.3, 0.4) is 0 Å². The fourth-order valence-electron chi connectivity index (χ4n) is 2.35. The molecule has 136 valence electrons. The normalized spacial score (nSPS) is 11.4. The summed E-state index contributed by atoms with van der Waals surface area (Å²) >= 11 is 0. The van der Waals surface area contributed by atoms with E-state index in [1.807, 2.05) is 39.0 Å². The lowest BCUT2D eigenvalue weighted by Gasteiger charge is -2.12. The molecule has 0 saturated carbocycles. The van der Waals surface area contributed by atoms with Crippen LogP contribution in [-0.2, 0) is 10.0 Å². The molecule has 1 aromatic heterocycles. The van der Waals surface area contributed by atoms with Crippen LogP contribution in [0.15, 0.2) is 29.2 Å². The fraction of sp³-hybridized carbons (Fsp3) is 0.412. The van der Waals surface area contributed by atoms with Gasteiger partial charge in [-0.25, -0.2) is 18.1 Å². The van der Waals surface area contributed by atoms with Crippen molar-refractivity contribution in [3.63, 3.8) is 0 Å². The third kappa shape index (κ3) is 5.40. The minimum atomic E-state index is -3.53. The zero-order valence-electron chi connectivity index (χ0n) is 15.0. The van der Waals surface area contributed by atoms with Gasteiger partial charge in [-0.1, -0.05) is 12.1 Å². The summed E-state index contributed by atoms with van der Waals surface area (Å²) < 4.78 is 27.5. The van der Waals surface area contributed by atoms with E-state index >= 15 is 0 Å². The number of rotatable bonds is 8. The van der Waals surface area contributed by atoms with E-state index in [-0.39, 0.29) is 6.54 Å². The first-order valence-electron chi connectivity index (χ1n) is 8.22. The van der Waals surface area contributed by atoms with Crippen molar-refractivity contribution in [2.75, 3.05) is 30.3 Å². The van der Waals surface area contributed by atoms with E-state index < -0.39 is 10.0 Å². The Hall–Kier alpha value is -2.19. The van der Waals surface area contributed by atoms with Crippen LogP contribution in [0.2, 0.25) is 0 Å². The van der Waals surface area contributed by atoms with Crippen LogP contribution in [0, 0.1) is 20.8 Å². The summed E-state index contributed by atoms with van der Waals surface area (Å²) in [6.07, 6.45) is 0. The van der Waals surface area contributed by atoms with Gasteiger partial charge >= 0.3 is 0 Å². The molecule has 3 N–H and O–H groups in total. The Morgan fingerprint density at radius 2 is 1.76 bits per heavy atom. The van der Waals surface area contributed by atoms with Gasteiger partial charge in [-0.15, -0.1) is 0 Å². The number of aryl methyl sites for hydroxylation is 3. The van der Waals surface area contributed by atoms with E-state index in [1.54, 1.807) is 13.0 Å². The monoisotopic (exact) mass is 363 g/mol. The number of nitrogens with one attached hydrogen (secondary N) is 3. The first-order valence-corrected chi connectivity index (χ1v) is 9.70. The average molecular weight is 363 g/mol. The molecule has 0 spiro atoms. The summed E-state index contributed by atoms with van der Waals surface area (Å²) in [6, 6.07) is 7.21. The maximum absolute atomic E-state index is 12.4. The summed E-state index contributed by atoms with van der Waals surface area (Å²) in [7, 11) is -3.53. The van der Waals surface area contributed by atoms with Gasteiger partial charge in [-0.05, 0) is 44.9 Å². The molecule has 0 bridgehead atoms. The van der Waals surface area contributed by atoms with Gasteiger partial charge in [0.25, 0.3) is 0 Å². The highest BCUT2D eigenvalue weighted by Gasteiger charge is 2.16. The third-order valence-corrected chi connectivity index (χ3v) is 5.15. The first-order chi connectivity index (χ1) is 11.8. The highest BCUT2D eigenvalue weighted by molar-refractivity contribution is 7.89. The van der Waals surface area contributed by atoms with Crippen molar-refractivity contribution in [3.8, 4) is 0 Å². The Bertz CT molecular complexity index is 837. The Kier molecular flexibility index (Phi) is 6.33. The molecule has 0 unspecified atom stereocenters. The Morgan fingerprint density at radius 3 is 2.48 bits per heavy atom. The Morgan fingerprint density at radius 1 is 1.00 bits per heavy atom. The number of anilines is 2. The summed E-state index contributed by atoms with van der Waals surface area (Å²) in [5.41, 5.74) is 2.48. The van der Waals surface area contributed by atoms with E-state index in [0.29, 0.717) is 23.2 Å². The first kappa shape index (κ1) is 19.1. The van der Waals surface area contributed by atoms with Crippen LogP contribution in [0.25, 0.3) is 0 Å². The molecule has 0 radical (unpaired) electrons. The van der Waals surface area contributed by atoms with Crippen LogP contribution in [-0.4, -0.2) is 38.0 Å². The van der Waals surface area contributed by atoms with Crippen molar-refractivity contribution in [3.05, 3.63) is 41.1 Å². The summed E-state index contributed by atoms with van der Waals surface area (Å²) in [6.45, 7) is 8.94. The van der Waals surface area contributed by atoms with Crippen molar-refractivity contribution >= 4 is 21.8 Å². The van der Waals surface area contributed by atoms with Crippen LogP contribution in [0.1, 0.15) is 23.7 Å². The molecule has 8 heteroatoms. The number of nitrogens with zero attached hydrogens (tertiary/aromatic N) is 2. The minimum absolute atomic E-state index is 0.259. The minimum Gasteiger partial charge on any atom is -0.369 e. The Balaban J connectivity index is 1.95. The number of hydrogen-bond acceptors (Lipinski definition) is 6. The number of aromatic nitrogens is 2. The van der Waals surface area contributed by atoms with Crippen LogP contribution in [0.5, 0.6) is 0 Å². The predicted molar refractivity (Wildman–Crippen MR) is 101 cm³/mol. The Labute approximate surface area is 149 Å². The molecule has 1 aromatic carbocycles. The molecule has 2 aromatic rings. The maximum atomic E-state index is 12.4. The van der Waals surface area contributed by atoms with Gasteiger partial charge in [-0.3, -0.25) is 0 Å². The largest absolute Gasteiger partial charge is 0.369 e. The highest BCUT2D eigenvalue weighted by atomic mass is 32.2. The van der Waals surface area contributed by atoms with Gasteiger partial charge in [0.2, 0.25) is 16.0 Å². The highest BCUT2D eigenvalue weighted by Crippen LogP contribution is 2.16. The van der Waals surface area contributed by atoms with Crippen LogP contribution in [0.4, 0.5) is 11.8 Å². The second-order valence-electron chi connectivity index (χ2n) is 5.84. The third-order valence-electron chi connectivity index (χ3n) is 3.55. The van der Waals surface area contributed by atoms with Crippen molar-refractivity contribution in [1.82, 2.24) is 14.7 Å². The van der Waals surface area contributed by atoms with Gasteiger partial charge in [0.1, 0.15) is 5.82 Å². The van der Waals surface area contributed by atoms with E-state index in [1.165, 1.54) is 0 Å². The molecular formula is C17H25N5O2S. The van der Waals surface area contributed by atoms with E-state index in [4.69, 9.17) is 0 Å². The molecule has 2 rings (SSSR count). The predicted octanol–water partition coefficient (Wildman–Crippen LogP) is 2.22. The van der Waals surface area contributed by atoms with Gasteiger partial charge in [0.15, 0.2) is 0 Å². The average Bonchev–Trinajstić information content (AvgIpc) is 2.54. The smallest absolute Gasteiger partial charge is 0.240 e. The van der Waals surface area contributed by atoms with Crippen molar-refractivity contribution in [1.29, 1.82) is 0 Å². The summed E-state index contributed by atoms with van der Waals surface area (Å²) in [5, 5.41) is 6.18. The molecule has 0 fully saturated rings. The molecule has 0 amide bonds. The van der Waals surface area contributed by atoms with Crippen molar-refractivity contribution < 1.29 is 8.42 Å². The van der Waals surface area contributed by atoms with E-state index in [9.17, 15) is 8.42 Å². The van der Waals surface area contributed by atoms with Crippen LogP contribution < -0.4 is 15.4 Å². The number of sulfonamides is 1. The zero-order chi connectivity index (χ0) is 18.4. The number of hydrogen-bond donors (Lipinski definition) is 3. The summed E-state index contributed by atoms with van der Waals surface area (Å²) in [4.78, 5) is 8.92. The molecule has 0 saturated heterocycles. The lowest BCUT2D eigenvalue weighted by atomic mass is 10.2. The maximum Gasteiger partial charge on any atom is 0.240 e. The fourth-order valence-corrected chi connectivity index (χ4v) is 3.71. The molecule has 0 aliphatic heterocycles. The van der Waals surface area contributed by atoms with Crippen molar-refractivity contribution in [2.24, 2.45) is 0 Å². The number of benzene rings is 1. The lowest BCUT2D eigenvalue weighted by molar-refractivity contribution is 0.582. The van der Waals surface area contributed by atoms with E-state index in [0.717, 1.165) is 23.4 Å². The van der Waals surface area contributed by atoms with Gasteiger partial charge in [0, 0.05) is 31.4 Å². The SMILES string of the molecule is CCNc1nc(C)cc(NCCNS(=O)(=O)c2cc(C)ccc2C)n1. The van der Waals surface area contributed by atoms with E-state index in [2.05, 4.69) is 25.3 Å². The second kappa shape index (κ2) is 8.26. The lowest BCUT2D eigenvalue weighted by Crippen LogP contribution is -2.29. The molecule has 0 atom stereocenters.